The van der Waals surface area contributed by atoms with E-state index in [0.29, 0.717) is 5.56 Å². The third-order valence-electron chi connectivity index (χ3n) is 1.78. The first-order valence-corrected chi connectivity index (χ1v) is 4.45. The topological polar surface area (TPSA) is 49.3 Å². The van der Waals surface area contributed by atoms with Gasteiger partial charge in [0.1, 0.15) is 0 Å². The standard InChI is InChI=1S/C10H11F2NO2/c11-8-2-1-7(5-9(8)12)6-10(15)13-3-4-14/h1-2,5,14H,3-4,6H2,(H,13,15). The summed E-state index contributed by atoms with van der Waals surface area (Å²) in [7, 11) is 0. The minimum absolute atomic E-state index is 0.0306. The van der Waals surface area contributed by atoms with Gasteiger partial charge >= 0.3 is 0 Å². The van der Waals surface area contributed by atoms with Gasteiger partial charge in [-0.25, -0.2) is 8.78 Å². The Morgan fingerprint density at radius 1 is 1.33 bits per heavy atom. The van der Waals surface area contributed by atoms with E-state index in [2.05, 4.69) is 5.32 Å². The highest BCUT2D eigenvalue weighted by Crippen LogP contribution is 2.08. The monoisotopic (exact) mass is 215 g/mol. The van der Waals surface area contributed by atoms with Crippen LogP contribution in [0.4, 0.5) is 8.78 Å². The first kappa shape index (κ1) is 11.6. The fraction of sp³-hybridized carbons (Fsp3) is 0.300. The van der Waals surface area contributed by atoms with Crippen molar-refractivity contribution >= 4 is 5.91 Å². The van der Waals surface area contributed by atoms with Crippen LogP contribution in [-0.4, -0.2) is 24.2 Å². The number of nitrogens with one attached hydrogen (secondary N) is 1. The second-order valence-electron chi connectivity index (χ2n) is 3.00. The van der Waals surface area contributed by atoms with Crippen molar-refractivity contribution in [3.63, 3.8) is 0 Å². The summed E-state index contributed by atoms with van der Waals surface area (Å²) < 4.78 is 25.3. The van der Waals surface area contributed by atoms with E-state index in [1.165, 1.54) is 6.07 Å². The van der Waals surface area contributed by atoms with Crippen LogP contribution in [0.15, 0.2) is 18.2 Å². The van der Waals surface area contributed by atoms with Crippen LogP contribution >= 0.6 is 0 Å². The number of rotatable bonds is 4. The number of hydrogen-bond donors (Lipinski definition) is 2. The number of amides is 1. The summed E-state index contributed by atoms with van der Waals surface area (Å²) in [6, 6.07) is 3.30. The Balaban J connectivity index is 2.57. The van der Waals surface area contributed by atoms with E-state index in [0.717, 1.165) is 12.1 Å². The molecule has 1 amide bonds. The van der Waals surface area contributed by atoms with Gasteiger partial charge in [-0.1, -0.05) is 6.07 Å². The average molecular weight is 215 g/mol. The number of carbonyl (C=O) groups excluding carboxylic acids is 1. The lowest BCUT2D eigenvalue weighted by Gasteiger charge is -2.03. The lowest BCUT2D eigenvalue weighted by Crippen LogP contribution is -2.27. The molecule has 5 heteroatoms. The van der Waals surface area contributed by atoms with Crippen LogP contribution in [0.3, 0.4) is 0 Å². The molecule has 0 radical (unpaired) electrons. The molecule has 0 heterocycles. The average Bonchev–Trinajstić information content (AvgIpc) is 2.20. The maximum Gasteiger partial charge on any atom is 0.224 e. The molecule has 0 spiro atoms. The Morgan fingerprint density at radius 3 is 2.67 bits per heavy atom. The zero-order chi connectivity index (χ0) is 11.3. The molecule has 82 valence electrons. The molecular weight excluding hydrogens is 204 g/mol. The summed E-state index contributed by atoms with van der Waals surface area (Å²) >= 11 is 0. The molecule has 15 heavy (non-hydrogen) atoms. The van der Waals surface area contributed by atoms with Crippen molar-refractivity contribution in [1.82, 2.24) is 5.32 Å². The van der Waals surface area contributed by atoms with Crippen LogP contribution < -0.4 is 5.32 Å². The van der Waals surface area contributed by atoms with Crippen LogP contribution in [0.5, 0.6) is 0 Å². The lowest BCUT2D eigenvalue weighted by molar-refractivity contribution is -0.120. The molecule has 1 aromatic rings. The molecule has 2 N–H and O–H groups in total. The van der Waals surface area contributed by atoms with Crippen LogP contribution in [0.25, 0.3) is 0 Å². The summed E-state index contributed by atoms with van der Waals surface area (Å²) in [4.78, 5) is 11.1. The molecule has 0 fully saturated rings. The Kier molecular flexibility index (Phi) is 4.17. The Bertz CT molecular complexity index is 355. The summed E-state index contributed by atoms with van der Waals surface area (Å²) in [6.07, 6.45) is -0.0306. The van der Waals surface area contributed by atoms with E-state index in [9.17, 15) is 13.6 Å². The smallest absolute Gasteiger partial charge is 0.224 e. The molecule has 0 saturated heterocycles. The van der Waals surface area contributed by atoms with Gasteiger partial charge in [-0.05, 0) is 17.7 Å². The second kappa shape index (κ2) is 5.41. The molecule has 1 aromatic carbocycles. The Morgan fingerprint density at radius 2 is 2.07 bits per heavy atom. The number of halogens is 2. The lowest BCUT2D eigenvalue weighted by atomic mass is 10.1. The Labute approximate surface area is 85.7 Å². The fourth-order valence-corrected chi connectivity index (χ4v) is 1.09. The molecule has 3 nitrogen and oxygen atoms in total. The van der Waals surface area contributed by atoms with Gasteiger partial charge in [0.15, 0.2) is 11.6 Å². The zero-order valence-electron chi connectivity index (χ0n) is 7.96. The van der Waals surface area contributed by atoms with Gasteiger partial charge in [0.25, 0.3) is 0 Å². The highest BCUT2D eigenvalue weighted by Gasteiger charge is 2.06. The number of aliphatic hydroxyl groups is 1. The molecule has 0 aliphatic rings. The van der Waals surface area contributed by atoms with Crippen molar-refractivity contribution in [1.29, 1.82) is 0 Å². The third kappa shape index (κ3) is 3.63. The predicted molar refractivity (Wildman–Crippen MR) is 50.2 cm³/mol. The number of hydrogen-bond acceptors (Lipinski definition) is 2. The van der Waals surface area contributed by atoms with Crippen LogP contribution in [0, 0.1) is 11.6 Å². The molecule has 1 rings (SSSR count). The number of carbonyl (C=O) groups is 1. The Hall–Kier alpha value is -1.49. The normalized spacial score (nSPS) is 10.1. The van der Waals surface area contributed by atoms with Crippen LogP contribution in [-0.2, 0) is 11.2 Å². The van der Waals surface area contributed by atoms with Crippen molar-refractivity contribution in [2.45, 2.75) is 6.42 Å². The van der Waals surface area contributed by atoms with Crippen molar-refractivity contribution in [2.75, 3.05) is 13.2 Å². The van der Waals surface area contributed by atoms with Gasteiger partial charge in [0.05, 0.1) is 13.0 Å². The molecule has 0 aliphatic carbocycles. The zero-order valence-corrected chi connectivity index (χ0v) is 7.96. The largest absolute Gasteiger partial charge is 0.395 e. The minimum Gasteiger partial charge on any atom is -0.395 e. The SMILES string of the molecule is O=C(Cc1ccc(F)c(F)c1)NCCO. The quantitative estimate of drug-likeness (QED) is 0.773. The number of aliphatic hydroxyl groups excluding tert-OH is 1. The third-order valence-corrected chi connectivity index (χ3v) is 1.78. The summed E-state index contributed by atoms with van der Waals surface area (Å²) in [5.74, 6) is -2.24. The van der Waals surface area contributed by atoms with Gasteiger partial charge in [-0.15, -0.1) is 0 Å². The summed E-state index contributed by atoms with van der Waals surface area (Å²) in [5.41, 5.74) is 0.393. The molecule has 0 unspecified atom stereocenters. The molecule has 0 aliphatic heterocycles. The first-order valence-electron chi connectivity index (χ1n) is 4.45. The van der Waals surface area contributed by atoms with Gasteiger partial charge in [0.2, 0.25) is 5.91 Å². The molecule has 0 aromatic heterocycles. The van der Waals surface area contributed by atoms with Gasteiger partial charge in [-0.3, -0.25) is 4.79 Å². The van der Waals surface area contributed by atoms with E-state index in [-0.39, 0.29) is 25.5 Å². The van der Waals surface area contributed by atoms with Crippen molar-refractivity contribution in [3.05, 3.63) is 35.4 Å². The maximum absolute atomic E-state index is 12.7. The maximum atomic E-state index is 12.7. The van der Waals surface area contributed by atoms with E-state index in [1.807, 2.05) is 0 Å². The van der Waals surface area contributed by atoms with E-state index >= 15 is 0 Å². The van der Waals surface area contributed by atoms with E-state index < -0.39 is 11.6 Å². The van der Waals surface area contributed by atoms with Crippen molar-refractivity contribution in [2.24, 2.45) is 0 Å². The van der Waals surface area contributed by atoms with Gasteiger partial charge in [-0.2, -0.15) is 0 Å². The van der Waals surface area contributed by atoms with Crippen LogP contribution in [0.2, 0.25) is 0 Å². The highest BCUT2D eigenvalue weighted by molar-refractivity contribution is 5.78. The first-order chi connectivity index (χ1) is 7.13. The fourth-order valence-electron chi connectivity index (χ4n) is 1.09. The highest BCUT2D eigenvalue weighted by atomic mass is 19.2. The summed E-state index contributed by atoms with van der Waals surface area (Å²) in [6.45, 7) is 0.00598. The molecule has 0 atom stereocenters. The summed E-state index contributed by atoms with van der Waals surface area (Å²) in [5, 5.41) is 10.8. The van der Waals surface area contributed by atoms with Gasteiger partial charge < -0.3 is 10.4 Å². The molecule has 0 bridgehead atoms. The van der Waals surface area contributed by atoms with E-state index in [4.69, 9.17) is 5.11 Å². The van der Waals surface area contributed by atoms with Gasteiger partial charge in [0, 0.05) is 6.54 Å². The molecule has 0 saturated carbocycles. The predicted octanol–water partition coefficient (Wildman–Crippen LogP) is 0.616. The van der Waals surface area contributed by atoms with Crippen molar-refractivity contribution < 1.29 is 18.7 Å². The minimum atomic E-state index is -0.970. The van der Waals surface area contributed by atoms with Crippen LogP contribution in [0.1, 0.15) is 5.56 Å². The molecular formula is C10H11F2NO2. The van der Waals surface area contributed by atoms with E-state index in [1.54, 1.807) is 0 Å². The van der Waals surface area contributed by atoms with Crippen molar-refractivity contribution in [3.8, 4) is 0 Å². The number of benzene rings is 1. The second-order valence-corrected chi connectivity index (χ2v) is 3.00.